The largest absolute Gasteiger partial charge is 0.325 e. The topological polar surface area (TPSA) is 59.3 Å². The van der Waals surface area contributed by atoms with E-state index in [-0.39, 0.29) is 11.7 Å². The van der Waals surface area contributed by atoms with Gasteiger partial charge in [0.1, 0.15) is 5.03 Å². The zero-order valence-corrected chi connectivity index (χ0v) is 18.5. The second kappa shape index (κ2) is 8.50. The van der Waals surface area contributed by atoms with Crippen LogP contribution in [-0.4, -0.2) is 26.3 Å². The maximum atomic E-state index is 12.5. The third-order valence-corrected chi connectivity index (χ3v) is 6.20. The minimum atomic E-state index is -0.108. The first-order valence-electron chi connectivity index (χ1n) is 9.51. The van der Waals surface area contributed by atoms with Crippen LogP contribution in [-0.2, 0) is 4.79 Å². The number of nitrogens with one attached hydrogen (secondary N) is 1. The highest BCUT2D eigenvalue weighted by Crippen LogP contribution is 2.27. The van der Waals surface area contributed by atoms with Gasteiger partial charge in [-0.25, -0.2) is 9.50 Å². The Hall–Kier alpha value is -2.83. The summed E-state index contributed by atoms with van der Waals surface area (Å²) in [5, 5.41) is 8.95. The van der Waals surface area contributed by atoms with Crippen molar-refractivity contribution in [3.8, 4) is 11.3 Å². The summed E-state index contributed by atoms with van der Waals surface area (Å²) in [6, 6.07) is 13.8. The van der Waals surface area contributed by atoms with Gasteiger partial charge in [-0.05, 0) is 61.7 Å². The summed E-state index contributed by atoms with van der Waals surface area (Å²) in [5.41, 5.74) is 6.99. The lowest BCUT2D eigenvalue weighted by Gasteiger charge is -2.08. The molecule has 0 bridgehead atoms. The number of nitrogens with zero attached hydrogens (tertiary/aromatic N) is 3. The van der Waals surface area contributed by atoms with E-state index in [2.05, 4.69) is 47.4 Å². The molecule has 0 saturated carbocycles. The normalized spacial score (nSPS) is 11.1. The Balaban J connectivity index is 1.53. The number of benzene rings is 2. The van der Waals surface area contributed by atoms with E-state index in [4.69, 9.17) is 11.6 Å². The van der Waals surface area contributed by atoms with Gasteiger partial charge in [0.05, 0.1) is 17.0 Å². The average Bonchev–Trinajstić information content (AvgIpc) is 3.16. The van der Waals surface area contributed by atoms with Gasteiger partial charge < -0.3 is 5.32 Å². The highest BCUT2D eigenvalue weighted by molar-refractivity contribution is 8.00. The number of aryl methyl sites for hydroxylation is 3. The lowest BCUT2D eigenvalue weighted by Crippen LogP contribution is -2.15. The van der Waals surface area contributed by atoms with Gasteiger partial charge >= 0.3 is 0 Å². The molecule has 0 aliphatic heterocycles. The van der Waals surface area contributed by atoms with E-state index in [9.17, 15) is 4.79 Å². The van der Waals surface area contributed by atoms with Crippen LogP contribution in [0.5, 0.6) is 0 Å². The molecule has 0 fully saturated rings. The predicted octanol–water partition coefficient (Wildman–Crippen LogP) is 5.71. The third kappa shape index (κ3) is 4.35. The molecule has 0 radical (unpaired) electrons. The summed E-state index contributed by atoms with van der Waals surface area (Å²) < 4.78 is 1.80. The number of thioether (sulfide) groups is 1. The highest BCUT2D eigenvalue weighted by atomic mass is 35.5. The quantitative estimate of drug-likeness (QED) is 0.407. The smallest absolute Gasteiger partial charge is 0.234 e. The first-order chi connectivity index (χ1) is 14.4. The molecule has 0 unspecified atom stereocenters. The zero-order valence-electron chi connectivity index (χ0n) is 16.9. The number of rotatable bonds is 5. The van der Waals surface area contributed by atoms with E-state index in [0.717, 1.165) is 33.1 Å². The van der Waals surface area contributed by atoms with Gasteiger partial charge in [0.15, 0.2) is 0 Å². The number of carbonyl (C=O) groups excluding carboxylic acids is 1. The van der Waals surface area contributed by atoms with Crippen LogP contribution in [0.15, 0.2) is 59.9 Å². The summed E-state index contributed by atoms with van der Waals surface area (Å²) >= 11 is 7.42. The van der Waals surface area contributed by atoms with Gasteiger partial charge in [0.25, 0.3) is 0 Å². The van der Waals surface area contributed by atoms with Gasteiger partial charge in [0, 0.05) is 28.7 Å². The Bertz CT molecular complexity index is 1250. The molecule has 4 aromatic rings. The molecule has 0 saturated heterocycles. The molecular weight excluding hydrogens is 416 g/mol. The number of amides is 1. The van der Waals surface area contributed by atoms with Crippen molar-refractivity contribution in [3.05, 3.63) is 76.6 Å². The van der Waals surface area contributed by atoms with Gasteiger partial charge in [0.2, 0.25) is 5.91 Å². The van der Waals surface area contributed by atoms with Crippen molar-refractivity contribution in [2.24, 2.45) is 0 Å². The molecule has 30 heavy (non-hydrogen) atoms. The average molecular weight is 437 g/mol. The van der Waals surface area contributed by atoms with E-state index in [1.54, 1.807) is 22.8 Å². The molecule has 5 nitrogen and oxygen atoms in total. The molecular formula is C23H21ClN4OS. The van der Waals surface area contributed by atoms with Crippen molar-refractivity contribution in [1.82, 2.24) is 14.6 Å². The molecule has 0 spiro atoms. The van der Waals surface area contributed by atoms with Crippen molar-refractivity contribution in [2.45, 2.75) is 25.8 Å². The standard InChI is InChI=1S/C23H21ClN4OS/c1-14-4-6-17(10-16(14)3)20-12-21-23(25-8-9-28(21)27-20)30-13-22(29)26-19-11-18(24)7-5-15(19)2/h4-12H,13H2,1-3H3,(H,26,29). The molecule has 1 amide bonds. The van der Waals surface area contributed by atoms with E-state index < -0.39 is 0 Å². The summed E-state index contributed by atoms with van der Waals surface area (Å²) in [4.78, 5) is 16.9. The fraction of sp³-hybridized carbons (Fsp3) is 0.174. The van der Waals surface area contributed by atoms with Crippen LogP contribution in [0.3, 0.4) is 0 Å². The monoisotopic (exact) mass is 436 g/mol. The minimum absolute atomic E-state index is 0.108. The number of fused-ring (bicyclic) bond motifs is 1. The van der Waals surface area contributed by atoms with Crippen LogP contribution in [0.1, 0.15) is 16.7 Å². The maximum absolute atomic E-state index is 12.5. The first kappa shape index (κ1) is 20.4. The SMILES string of the molecule is Cc1ccc(-c2cc3c(SCC(=O)Nc4cc(Cl)ccc4C)nccn3n2)cc1C. The molecule has 0 aliphatic carbocycles. The first-order valence-corrected chi connectivity index (χ1v) is 10.9. The van der Waals surface area contributed by atoms with Gasteiger partial charge in [-0.2, -0.15) is 5.10 Å². The Morgan fingerprint density at radius 1 is 1.07 bits per heavy atom. The number of anilines is 1. The predicted molar refractivity (Wildman–Crippen MR) is 123 cm³/mol. The number of halogens is 1. The lowest BCUT2D eigenvalue weighted by molar-refractivity contribution is -0.113. The molecule has 2 heterocycles. The molecule has 1 N–H and O–H groups in total. The molecule has 0 atom stereocenters. The Morgan fingerprint density at radius 3 is 2.67 bits per heavy atom. The van der Waals surface area contributed by atoms with Gasteiger partial charge in [-0.1, -0.05) is 41.6 Å². The molecule has 4 rings (SSSR count). The Morgan fingerprint density at radius 2 is 1.87 bits per heavy atom. The summed E-state index contributed by atoms with van der Waals surface area (Å²) in [7, 11) is 0. The van der Waals surface area contributed by atoms with Crippen molar-refractivity contribution in [2.75, 3.05) is 11.1 Å². The fourth-order valence-electron chi connectivity index (χ4n) is 3.10. The van der Waals surface area contributed by atoms with Crippen molar-refractivity contribution < 1.29 is 4.79 Å². The lowest BCUT2D eigenvalue weighted by atomic mass is 10.0. The van der Waals surface area contributed by atoms with Crippen LogP contribution in [0.4, 0.5) is 5.69 Å². The highest BCUT2D eigenvalue weighted by Gasteiger charge is 2.12. The number of aromatic nitrogens is 3. The Kier molecular flexibility index (Phi) is 5.79. The van der Waals surface area contributed by atoms with Gasteiger partial charge in [-0.3, -0.25) is 4.79 Å². The second-order valence-corrected chi connectivity index (χ2v) is 8.59. The summed E-state index contributed by atoms with van der Waals surface area (Å²) in [5.74, 6) is 0.131. The van der Waals surface area contributed by atoms with Crippen LogP contribution in [0.25, 0.3) is 16.8 Å². The number of hydrogen-bond donors (Lipinski definition) is 1. The van der Waals surface area contributed by atoms with Crippen molar-refractivity contribution in [1.29, 1.82) is 0 Å². The van der Waals surface area contributed by atoms with E-state index in [0.29, 0.717) is 5.02 Å². The van der Waals surface area contributed by atoms with Crippen LogP contribution < -0.4 is 5.32 Å². The fourth-order valence-corrected chi connectivity index (χ4v) is 4.05. The number of hydrogen-bond acceptors (Lipinski definition) is 4. The molecule has 2 aromatic heterocycles. The molecule has 2 aromatic carbocycles. The summed E-state index contributed by atoms with van der Waals surface area (Å²) in [6.45, 7) is 6.12. The van der Waals surface area contributed by atoms with Crippen molar-refractivity contribution >= 4 is 40.5 Å². The minimum Gasteiger partial charge on any atom is -0.325 e. The Labute approximate surface area is 184 Å². The van der Waals surface area contributed by atoms with E-state index in [1.807, 2.05) is 25.3 Å². The van der Waals surface area contributed by atoms with Crippen LogP contribution in [0, 0.1) is 20.8 Å². The van der Waals surface area contributed by atoms with Crippen LogP contribution in [0.2, 0.25) is 5.02 Å². The number of carbonyl (C=O) groups is 1. The maximum Gasteiger partial charge on any atom is 0.234 e. The molecule has 0 aliphatic rings. The van der Waals surface area contributed by atoms with Gasteiger partial charge in [-0.15, -0.1) is 0 Å². The molecule has 152 valence electrons. The third-order valence-electron chi connectivity index (χ3n) is 4.97. The second-order valence-electron chi connectivity index (χ2n) is 7.19. The zero-order chi connectivity index (χ0) is 21.3. The van der Waals surface area contributed by atoms with Crippen molar-refractivity contribution in [3.63, 3.8) is 0 Å². The summed E-state index contributed by atoms with van der Waals surface area (Å²) in [6.07, 6.45) is 3.52. The van der Waals surface area contributed by atoms with E-state index >= 15 is 0 Å². The molecule has 7 heteroatoms. The van der Waals surface area contributed by atoms with Crippen LogP contribution >= 0.6 is 23.4 Å². The van der Waals surface area contributed by atoms with E-state index in [1.165, 1.54) is 22.9 Å².